The van der Waals surface area contributed by atoms with E-state index in [1.165, 1.54) is 17.4 Å². The van der Waals surface area contributed by atoms with Crippen LogP contribution in [0.3, 0.4) is 0 Å². The molecule has 0 spiro atoms. The van der Waals surface area contributed by atoms with E-state index in [2.05, 4.69) is 22.1 Å². The molecule has 1 N–H and O–H groups in total. The second-order valence-corrected chi connectivity index (χ2v) is 4.50. The molecule has 0 bridgehead atoms. The molecule has 1 aliphatic heterocycles. The molecule has 5 nitrogen and oxygen atoms in total. The Kier molecular flexibility index (Phi) is 3.63. The van der Waals surface area contributed by atoms with E-state index in [1.807, 2.05) is 0 Å². The van der Waals surface area contributed by atoms with Crippen molar-refractivity contribution < 1.29 is 9.53 Å². The fourth-order valence-electron chi connectivity index (χ4n) is 1.51. The number of nitrogens with zero attached hydrogens (tertiary/aromatic N) is 2. The van der Waals surface area contributed by atoms with Gasteiger partial charge in [-0.05, 0) is 25.3 Å². The van der Waals surface area contributed by atoms with Crippen molar-refractivity contribution in [3.63, 3.8) is 0 Å². The smallest absolute Gasteiger partial charge is 0.249 e. The van der Waals surface area contributed by atoms with Gasteiger partial charge in [-0.15, -0.1) is 10.2 Å². The summed E-state index contributed by atoms with van der Waals surface area (Å²) >= 11 is 1.36. The van der Waals surface area contributed by atoms with Gasteiger partial charge in [0.15, 0.2) is 0 Å². The highest BCUT2D eigenvalue weighted by Crippen LogP contribution is 2.31. The van der Waals surface area contributed by atoms with Crippen LogP contribution in [0.5, 0.6) is 0 Å². The van der Waals surface area contributed by atoms with Gasteiger partial charge in [-0.1, -0.05) is 17.9 Å². The predicted molar refractivity (Wildman–Crippen MR) is 61.3 cm³/mol. The molecule has 0 radical (unpaired) electrons. The van der Waals surface area contributed by atoms with Gasteiger partial charge < -0.3 is 4.74 Å². The molecular weight excluding hydrogens is 226 g/mol. The van der Waals surface area contributed by atoms with E-state index in [0.717, 1.165) is 30.9 Å². The molecule has 0 saturated carbocycles. The summed E-state index contributed by atoms with van der Waals surface area (Å²) in [6.45, 7) is 4.15. The zero-order chi connectivity index (χ0) is 11.4. The molecule has 0 aliphatic carbocycles. The number of nitrogens with one attached hydrogen (secondary N) is 1. The Balaban J connectivity index is 2.00. The number of carbonyl (C=O) groups is 1. The molecule has 16 heavy (non-hydrogen) atoms. The molecule has 1 aromatic rings. The van der Waals surface area contributed by atoms with Crippen LogP contribution in [0.1, 0.15) is 30.4 Å². The first kappa shape index (κ1) is 11.2. The maximum absolute atomic E-state index is 11.0. The summed E-state index contributed by atoms with van der Waals surface area (Å²) in [7, 11) is 0. The number of hydrogen-bond acceptors (Lipinski definition) is 5. The Hall–Kier alpha value is -1.27. The Bertz CT molecular complexity index is 385. The molecule has 1 fully saturated rings. The summed E-state index contributed by atoms with van der Waals surface area (Å²) in [6.07, 6.45) is 4.48. The fourth-order valence-corrected chi connectivity index (χ4v) is 2.34. The number of ether oxygens (including phenoxy) is 1. The standard InChI is InChI=1S/C10H13N3O2S/c1-2-8(14)11-10-13-12-9(16-10)7-5-3-4-6-15-7/h2,7H,1,3-6H2,(H,11,13,14). The van der Waals surface area contributed by atoms with Gasteiger partial charge in [0.05, 0.1) is 0 Å². The minimum atomic E-state index is -0.271. The van der Waals surface area contributed by atoms with Crippen LogP contribution in [0.4, 0.5) is 5.13 Å². The van der Waals surface area contributed by atoms with E-state index in [-0.39, 0.29) is 12.0 Å². The Morgan fingerprint density at radius 1 is 1.56 bits per heavy atom. The van der Waals surface area contributed by atoms with Crippen LogP contribution in [0, 0.1) is 0 Å². The molecule has 1 saturated heterocycles. The van der Waals surface area contributed by atoms with Crippen molar-refractivity contribution in [2.75, 3.05) is 11.9 Å². The van der Waals surface area contributed by atoms with Crippen molar-refractivity contribution in [2.45, 2.75) is 25.4 Å². The summed E-state index contributed by atoms with van der Waals surface area (Å²) in [5.41, 5.74) is 0. The molecular formula is C10H13N3O2S. The van der Waals surface area contributed by atoms with E-state index in [0.29, 0.717) is 5.13 Å². The van der Waals surface area contributed by atoms with Crippen molar-refractivity contribution in [3.8, 4) is 0 Å². The van der Waals surface area contributed by atoms with Crippen LogP contribution in [0.2, 0.25) is 0 Å². The van der Waals surface area contributed by atoms with E-state index in [1.54, 1.807) is 0 Å². The van der Waals surface area contributed by atoms with Gasteiger partial charge in [0.25, 0.3) is 0 Å². The molecule has 1 atom stereocenters. The number of hydrogen-bond donors (Lipinski definition) is 1. The van der Waals surface area contributed by atoms with Crippen LogP contribution >= 0.6 is 11.3 Å². The lowest BCUT2D eigenvalue weighted by molar-refractivity contribution is -0.111. The van der Waals surface area contributed by atoms with Gasteiger partial charge in [0.2, 0.25) is 11.0 Å². The fraction of sp³-hybridized carbons (Fsp3) is 0.500. The topological polar surface area (TPSA) is 64.1 Å². The van der Waals surface area contributed by atoms with Crippen LogP contribution < -0.4 is 5.32 Å². The van der Waals surface area contributed by atoms with Gasteiger partial charge in [-0.25, -0.2) is 0 Å². The summed E-state index contributed by atoms with van der Waals surface area (Å²) < 4.78 is 5.58. The second kappa shape index (κ2) is 5.18. The maximum atomic E-state index is 11.0. The normalized spacial score (nSPS) is 20.4. The van der Waals surface area contributed by atoms with Gasteiger partial charge in [-0.2, -0.15) is 0 Å². The highest BCUT2D eigenvalue weighted by atomic mass is 32.1. The van der Waals surface area contributed by atoms with Crippen molar-refractivity contribution in [2.24, 2.45) is 0 Å². The summed E-state index contributed by atoms with van der Waals surface area (Å²) in [4.78, 5) is 11.0. The Labute approximate surface area is 97.5 Å². The number of amides is 1. The average Bonchev–Trinajstić information content (AvgIpc) is 2.78. The van der Waals surface area contributed by atoms with Crippen molar-refractivity contribution >= 4 is 22.4 Å². The molecule has 1 amide bonds. The zero-order valence-corrected chi connectivity index (χ0v) is 9.63. The first-order valence-electron chi connectivity index (χ1n) is 5.18. The van der Waals surface area contributed by atoms with E-state index in [4.69, 9.17) is 4.74 Å². The lowest BCUT2D eigenvalue weighted by atomic mass is 10.1. The third kappa shape index (κ3) is 2.65. The number of carbonyl (C=O) groups excluding carboxylic acids is 1. The molecule has 1 unspecified atom stereocenters. The third-order valence-electron chi connectivity index (χ3n) is 2.31. The highest BCUT2D eigenvalue weighted by Gasteiger charge is 2.20. The van der Waals surface area contributed by atoms with E-state index in [9.17, 15) is 4.79 Å². The van der Waals surface area contributed by atoms with Crippen LogP contribution in [0.15, 0.2) is 12.7 Å². The monoisotopic (exact) mass is 239 g/mol. The van der Waals surface area contributed by atoms with Crippen LogP contribution in [0.25, 0.3) is 0 Å². The minimum Gasteiger partial charge on any atom is -0.371 e. The molecule has 86 valence electrons. The van der Waals surface area contributed by atoms with Crippen molar-refractivity contribution in [1.82, 2.24) is 10.2 Å². The quantitative estimate of drug-likeness (QED) is 0.818. The average molecular weight is 239 g/mol. The summed E-state index contributed by atoms with van der Waals surface area (Å²) in [5.74, 6) is -0.271. The minimum absolute atomic E-state index is 0.0423. The summed E-state index contributed by atoms with van der Waals surface area (Å²) in [5, 5.41) is 11.8. The lowest BCUT2D eigenvalue weighted by Crippen LogP contribution is -2.11. The zero-order valence-electron chi connectivity index (χ0n) is 8.81. The van der Waals surface area contributed by atoms with Gasteiger partial charge in [0, 0.05) is 6.61 Å². The SMILES string of the molecule is C=CC(=O)Nc1nnc(C2CCCCO2)s1. The van der Waals surface area contributed by atoms with Gasteiger partial charge >= 0.3 is 0 Å². The molecule has 1 aromatic heterocycles. The van der Waals surface area contributed by atoms with Gasteiger partial charge in [0.1, 0.15) is 11.1 Å². The number of rotatable bonds is 3. The lowest BCUT2D eigenvalue weighted by Gasteiger charge is -2.19. The van der Waals surface area contributed by atoms with E-state index < -0.39 is 0 Å². The van der Waals surface area contributed by atoms with Crippen LogP contribution in [-0.2, 0) is 9.53 Å². The number of aromatic nitrogens is 2. The molecule has 6 heteroatoms. The number of anilines is 1. The van der Waals surface area contributed by atoms with Crippen molar-refractivity contribution in [3.05, 3.63) is 17.7 Å². The maximum Gasteiger partial charge on any atom is 0.249 e. The van der Waals surface area contributed by atoms with Crippen molar-refractivity contribution in [1.29, 1.82) is 0 Å². The first-order valence-corrected chi connectivity index (χ1v) is 5.99. The third-order valence-corrected chi connectivity index (χ3v) is 3.24. The molecule has 0 aromatic carbocycles. The first-order chi connectivity index (χ1) is 7.79. The Morgan fingerprint density at radius 3 is 3.12 bits per heavy atom. The summed E-state index contributed by atoms with van der Waals surface area (Å²) in [6, 6.07) is 0. The molecule has 1 aliphatic rings. The molecule has 2 rings (SSSR count). The largest absolute Gasteiger partial charge is 0.371 e. The second-order valence-electron chi connectivity index (χ2n) is 3.49. The highest BCUT2D eigenvalue weighted by molar-refractivity contribution is 7.15. The van der Waals surface area contributed by atoms with Crippen LogP contribution in [-0.4, -0.2) is 22.7 Å². The molecule has 2 heterocycles. The van der Waals surface area contributed by atoms with Gasteiger partial charge in [-0.3, -0.25) is 10.1 Å². The predicted octanol–water partition coefficient (Wildman–Crippen LogP) is 1.90. The van der Waals surface area contributed by atoms with E-state index >= 15 is 0 Å². The Morgan fingerprint density at radius 2 is 2.44 bits per heavy atom.